The van der Waals surface area contributed by atoms with Gasteiger partial charge in [-0.15, -0.1) is 0 Å². The van der Waals surface area contributed by atoms with Gasteiger partial charge in [0, 0.05) is 6.08 Å². The smallest absolute Gasteiger partial charge is 0.327 e. The standard InChI is InChI=1S/C13H18O2.C3H4O2/c1-2-3-6-11-7-4-5-8-13(11)15-10-12-9-14-12;1-2-3(4)5/h4-5,7-8,12H,2-3,6,9-10H2,1H3;2H,1H2,(H,4,5). The zero-order chi connectivity index (χ0) is 14.8. The van der Waals surface area contributed by atoms with Gasteiger partial charge in [-0.05, 0) is 24.5 Å². The number of hydrogen-bond donors (Lipinski definition) is 1. The van der Waals surface area contributed by atoms with Gasteiger partial charge in [0.1, 0.15) is 18.5 Å². The van der Waals surface area contributed by atoms with Crippen LogP contribution in [0.3, 0.4) is 0 Å². The monoisotopic (exact) mass is 278 g/mol. The van der Waals surface area contributed by atoms with Crippen molar-refractivity contribution in [1.29, 1.82) is 0 Å². The quantitative estimate of drug-likeness (QED) is 0.615. The average Bonchev–Trinajstić information content (AvgIpc) is 3.28. The van der Waals surface area contributed by atoms with E-state index in [0.717, 1.165) is 24.9 Å². The molecular formula is C16H22O4. The fourth-order valence-corrected chi connectivity index (χ4v) is 1.57. The molecule has 1 aromatic rings. The minimum absolute atomic E-state index is 0.337. The third kappa shape index (κ3) is 6.95. The van der Waals surface area contributed by atoms with Crippen molar-refractivity contribution in [3.05, 3.63) is 42.5 Å². The summed E-state index contributed by atoms with van der Waals surface area (Å²) in [6.07, 6.45) is 4.72. The Bertz CT molecular complexity index is 424. The van der Waals surface area contributed by atoms with Crippen molar-refractivity contribution in [3.8, 4) is 5.75 Å². The number of carboxylic acid groups (broad SMARTS) is 1. The molecule has 1 unspecified atom stereocenters. The number of epoxide rings is 1. The van der Waals surface area contributed by atoms with Crippen LogP contribution in [-0.4, -0.2) is 30.4 Å². The summed E-state index contributed by atoms with van der Waals surface area (Å²) in [6.45, 7) is 6.73. The number of aliphatic carboxylic acids is 1. The maximum Gasteiger partial charge on any atom is 0.327 e. The lowest BCUT2D eigenvalue weighted by Crippen LogP contribution is -2.05. The van der Waals surface area contributed by atoms with Crippen molar-refractivity contribution in [2.24, 2.45) is 0 Å². The van der Waals surface area contributed by atoms with Crippen molar-refractivity contribution < 1.29 is 19.4 Å². The van der Waals surface area contributed by atoms with E-state index in [9.17, 15) is 4.79 Å². The molecule has 0 aromatic heterocycles. The lowest BCUT2D eigenvalue weighted by Gasteiger charge is -2.09. The first-order valence-electron chi connectivity index (χ1n) is 6.85. The van der Waals surface area contributed by atoms with Gasteiger partial charge in [-0.25, -0.2) is 4.79 Å². The number of unbranched alkanes of at least 4 members (excludes halogenated alkanes) is 1. The van der Waals surface area contributed by atoms with Crippen LogP contribution in [0.1, 0.15) is 25.3 Å². The Morgan fingerprint density at radius 3 is 2.75 bits per heavy atom. The van der Waals surface area contributed by atoms with Crippen molar-refractivity contribution in [3.63, 3.8) is 0 Å². The van der Waals surface area contributed by atoms with Crippen LogP contribution < -0.4 is 4.74 Å². The molecular weight excluding hydrogens is 256 g/mol. The summed E-state index contributed by atoms with van der Waals surface area (Å²) in [5.41, 5.74) is 1.32. The molecule has 1 aliphatic heterocycles. The van der Waals surface area contributed by atoms with Gasteiger partial charge in [0.2, 0.25) is 0 Å². The molecule has 0 spiro atoms. The molecule has 4 heteroatoms. The summed E-state index contributed by atoms with van der Waals surface area (Å²) in [5.74, 6) is 0.0476. The van der Waals surface area contributed by atoms with E-state index < -0.39 is 5.97 Å². The van der Waals surface area contributed by atoms with Crippen LogP contribution in [0.15, 0.2) is 36.9 Å². The van der Waals surface area contributed by atoms with Gasteiger partial charge in [-0.3, -0.25) is 0 Å². The minimum Gasteiger partial charge on any atom is -0.491 e. The van der Waals surface area contributed by atoms with Gasteiger partial charge in [-0.2, -0.15) is 0 Å². The molecule has 1 N–H and O–H groups in total. The van der Waals surface area contributed by atoms with Gasteiger partial charge in [0.25, 0.3) is 0 Å². The Kier molecular flexibility index (Phi) is 7.43. The molecule has 0 bridgehead atoms. The molecule has 110 valence electrons. The third-order valence-electron chi connectivity index (χ3n) is 2.77. The summed E-state index contributed by atoms with van der Waals surface area (Å²) >= 11 is 0. The van der Waals surface area contributed by atoms with Crippen LogP contribution in [-0.2, 0) is 16.0 Å². The molecule has 20 heavy (non-hydrogen) atoms. The number of benzene rings is 1. The van der Waals surface area contributed by atoms with E-state index in [2.05, 4.69) is 25.6 Å². The van der Waals surface area contributed by atoms with Gasteiger partial charge >= 0.3 is 5.97 Å². The first-order valence-corrected chi connectivity index (χ1v) is 6.85. The topological polar surface area (TPSA) is 59.1 Å². The summed E-state index contributed by atoms with van der Waals surface area (Å²) < 4.78 is 10.9. The molecule has 0 aliphatic carbocycles. The summed E-state index contributed by atoms with van der Waals surface area (Å²) in [6, 6.07) is 8.30. The Morgan fingerprint density at radius 1 is 1.55 bits per heavy atom. The lowest BCUT2D eigenvalue weighted by molar-refractivity contribution is -0.131. The molecule has 0 radical (unpaired) electrons. The van der Waals surface area contributed by atoms with Crippen molar-refractivity contribution in [1.82, 2.24) is 0 Å². The SMILES string of the molecule is C=CC(=O)O.CCCCc1ccccc1OCC1CO1. The maximum atomic E-state index is 9.25. The van der Waals surface area contributed by atoms with Gasteiger partial charge in [0.15, 0.2) is 0 Å². The number of aryl methyl sites for hydroxylation is 1. The van der Waals surface area contributed by atoms with E-state index in [1.54, 1.807) is 0 Å². The zero-order valence-electron chi connectivity index (χ0n) is 11.9. The molecule has 1 saturated heterocycles. The predicted octanol–water partition coefficient (Wildman–Crippen LogP) is 3.06. The first-order chi connectivity index (χ1) is 9.67. The Balaban J connectivity index is 0.000000347. The van der Waals surface area contributed by atoms with Crippen molar-refractivity contribution in [2.75, 3.05) is 13.2 Å². The second-order valence-corrected chi connectivity index (χ2v) is 4.52. The summed E-state index contributed by atoms with van der Waals surface area (Å²) in [5, 5.41) is 7.60. The second kappa shape index (κ2) is 9.15. The van der Waals surface area contributed by atoms with E-state index in [1.807, 2.05) is 12.1 Å². The van der Waals surface area contributed by atoms with E-state index in [0.29, 0.717) is 12.7 Å². The molecule has 0 amide bonds. The number of carbonyl (C=O) groups is 1. The largest absolute Gasteiger partial charge is 0.491 e. The maximum absolute atomic E-state index is 9.25. The fourth-order valence-electron chi connectivity index (χ4n) is 1.57. The van der Waals surface area contributed by atoms with Crippen LogP contribution >= 0.6 is 0 Å². The average molecular weight is 278 g/mol. The number of ether oxygens (including phenoxy) is 2. The predicted molar refractivity (Wildman–Crippen MR) is 78.1 cm³/mol. The summed E-state index contributed by atoms with van der Waals surface area (Å²) in [7, 11) is 0. The molecule has 4 nitrogen and oxygen atoms in total. The molecule has 0 saturated carbocycles. The van der Waals surface area contributed by atoms with Crippen LogP contribution in [0, 0.1) is 0 Å². The highest BCUT2D eigenvalue weighted by Crippen LogP contribution is 2.21. The van der Waals surface area contributed by atoms with Crippen molar-refractivity contribution in [2.45, 2.75) is 32.3 Å². The van der Waals surface area contributed by atoms with Crippen LogP contribution in [0.25, 0.3) is 0 Å². The zero-order valence-corrected chi connectivity index (χ0v) is 11.9. The van der Waals surface area contributed by atoms with E-state index in [4.69, 9.17) is 14.6 Å². The van der Waals surface area contributed by atoms with Crippen LogP contribution in [0.2, 0.25) is 0 Å². The second-order valence-electron chi connectivity index (χ2n) is 4.52. The van der Waals surface area contributed by atoms with Crippen LogP contribution in [0.5, 0.6) is 5.75 Å². The molecule has 1 heterocycles. The molecule has 1 fully saturated rings. The number of carboxylic acids is 1. The number of rotatable bonds is 7. The number of para-hydroxylation sites is 1. The van der Waals surface area contributed by atoms with Gasteiger partial charge in [-0.1, -0.05) is 38.1 Å². The van der Waals surface area contributed by atoms with E-state index >= 15 is 0 Å². The highest BCUT2D eigenvalue weighted by molar-refractivity contribution is 5.78. The Labute approximate surface area is 120 Å². The highest BCUT2D eigenvalue weighted by atomic mass is 16.6. The normalized spacial score (nSPS) is 15.8. The molecule has 1 aliphatic rings. The first kappa shape index (κ1) is 16.2. The van der Waals surface area contributed by atoms with E-state index in [-0.39, 0.29) is 0 Å². The van der Waals surface area contributed by atoms with Crippen molar-refractivity contribution >= 4 is 5.97 Å². The minimum atomic E-state index is -0.981. The highest BCUT2D eigenvalue weighted by Gasteiger charge is 2.23. The van der Waals surface area contributed by atoms with Crippen LogP contribution in [0.4, 0.5) is 0 Å². The molecule has 1 atom stereocenters. The van der Waals surface area contributed by atoms with Gasteiger partial charge < -0.3 is 14.6 Å². The Morgan fingerprint density at radius 2 is 2.20 bits per heavy atom. The lowest BCUT2D eigenvalue weighted by atomic mass is 10.1. The third-order valence-corrected chi connectivity index (χ3v) is 2.77. The summed E-state index contributed by atoms with van der Waals surface area (Å²) in [4.78, 5) is 9.25. The van der Waals surface area contributed by atoms with E-state index in [1.165, 1.54) is 18.4 Å². The molecule has 2 rings (SSSR count). The molecule has 1 aromatic carbocycles. The number of hydrogen-bond acceptors (Lipinski definition) is 3. The van der Waals surface area contributed by atoms with Gasteiger partial charge in [0.05, 0.1) is 6.61 Å². The fraction of sp³-hybridized carbons (Fsp3) is 0.438. The Hall–Kier alpha value is -1.81.